The van der Waals surface area contributed by atoms with Crippen molar-refractivity contribution in [3.05, 3.63) is 21.3 Å². The summed E-state index contributed by atoms with van der Waals surface area (Å²) in [6, 6.07) is 3.74. The molecule has 1 amide bonds. The van der Waals surface area contributed by atoms with Crippen molar-refractivity contribution in [2.75, 3.05) is 6.54 Å². The SMILES string of the molecule is O=C(NCCc1ccc(Cl)s1)[C@@H]1CC[C@H](C(=O)O)O1. The first kappa shape index (κ1) is 14.3. The molecular weight excluding hydrogens is 290 g/mol. The zero-order chi connectivity index (χ0) is 13.8. The zero-order valence-corrected chi connectivity index (χ0v) is 11.7. The van der Waals surface area contributed by atoms with Crippen LogP contribution in [0.5, 0.6) is 0 Å². The summed E-state index contributed by atoms with van der Waals surface area (Å²) in [7, 11) is 0. The highest BCUT2D eigenvalue weighted by molar-refractivity contribution is 7.16. The molecule has 1 aromatic heterocycles. The van der Waals surface area contributed by atoms with Gasteiger partial charge in [-0.2, -0.15) is 0 Å². The Balaban J connectivity index is 1.72. The average Bonchev–Trinajstić information content (AvgIpc) is 2.98. The Morgan fingerprint density at radius 1 is 1.42 bits per heavy atom. The van der Waals surface area contributed by atoms with Gasteiger partial charge in [0.1, 0.15) is 6.10 Å². The van der Waals surface area contributed by atoms with Crippen LogP contribution in [0.2, 0.25) is 4.34 Å². The summed E-state index contributed by atoms with van der Waals surface area (Å²) in [6.45, 7) is 0.493. The first-order chi connectivity index (χ1) is 9.06. The lowest BCUT2D eigenvalue weighted by Crippen LogP contribution is -2.36. The molecule has 7 heteroatoms. The Bertz CT molecular complexity index is 476. The average molecular weight is 304 g/mol. The number of hydrogen-bond donors (Lipinski definition) is 2. The van der Waals surface area contributed by atoms with Gasteiger partial charge >= 0.3 is 5.97 Å². The van der Waals surface area contributed by atoms with Gasteiger partial charge in [0.15, 0.2) is 6.10 Å². The standard InChI is InChI=1S/C12H14ClNO4S/c13-10-4-1-7(19-10)5-6-14-11(15)8-2-3-9(18-8)12(16)17/h1,4,8-9H,2-3,5-6H2,(H,14,15)(H,16,17)/t8-,9+/m0/s1. The predicted octanol–water partition coefficient (Wildman–Crippen LogP) is 1.69. The summed E-state index contributed by atoms with van der Waals surface area (Å²) in [4.78, 5) is 23.6. The van der Waals surface area contributed by atoms with Crippen LogP contribution in [0.1, 0.15) is 17.7 Å². The van der Waals surface area contributed by atoms with Gasteiger partial charge in [-0.3, -0.25) is 4.79 Å². The highest BCUT2D eigenvalue weighted by atomic mass is 35.5. The number of carbonyl (C=O) groups excluding carboxylic acids is 1. The number of carboxylic acid groups (broad SMARTS) is 1. The first-order valence-corrected chi connectivity index (χ1v) is 7.16. The predicted molar refractivity (Wildman–Crippen MR) is 71.6 cm³/mol. The van der Waals surface area contributed by atoms with Gasteiger partial charge in [0.05, 0.1) is 4.34 Å². The molecule has 1 aliphatic rings. The number of aliphatic carboxylic acids is 1. The molecule has 0 radical (unpaired) electrons. The minimum absolute atomic E-state index is 0.244. The van der Waals surface area contributed by atoms with Gasteiger partial charge in [0.25, 0.3) is 0 Å². The maximum absolute atomic E-state index is 11.8. The van der Waals surface area contributed by atoms with Crippen LogP contribution in [0.3, 0.4) is 0 Å². The number of thiophene rings is 1. The number of ether oxygens (including phenoxy) is 1. The maximum atomic E-state index is 11.8. The largest absolute Gasteiger partial charge is 0.479 e. The lowest BCUT2D eigenvalue weighted by Gasteiger charge is -2.11. The van der Waals surface area contributed by atoms with Crippen LogP contribution in [0.25, 0.3) is 0 Å². The van der Waals surface area contributed by atoms with E-state index in [0.29, 0.717) is 25.8 Å². The van der Waals surface area contributed by atoms with E-state index in [2.05, 4.69) is 5.32 Å². The lowest BCUT2D eigenvalue weighted by molar-refractivity contribution is -0.151. The van der Waals surface area contributed by atoms with E-state index in [1.54, 1.807) is 0 Å². The second-order valence-electron chi connectivity index (χ2n) is 4.28. The molecular formula is C12H14ClNO4S. The Morgan fingerprint density at radius 3 is 2.74 bits per heavy atom. The molecule has 2 atom stereocenters. The quantitative estimate of drug-likeness (QED) is 0.868. The van der Waals surface area contributed by atoms with Crippen LogP contribution in [0, 0.1) is 0 Å². The highest BCUT2D eigenvalue weighted by Gasteiger charge is 2.34. The van der Waals surface area contributed by atoms with E-state index in [4.69, 9.17) is 21.4 Å². The Hall–Kier alpha value is -1.11. The molecule has 1 fully saturated rings. The molecule has 0 unspecified atom stereocenters. The van der Waals surface area contributed by atoms with Gasteiger partial charge < -0.3 is 15.2 Å². The Morgan fingerprint density at radius 2 is 2.16 bits per heavy atom. The molecule has 104 valence electrons. The van der Waals surface area contributed by atoms with Crippen molar-refractivity contribution in [1.82, 2.24) is 5.32 Å². The van der Waals surface area contributed by atoms with Crippen molar-refractivity contribution >= 4 is 34.8 Å². The van der Waals surface area contributed by atoms with E-state index in [-0.39, 0.29) is 5.91 Å². The molecule has 0 aromatic carbocycles. The smallest absolute Gasteiger partial charge is 0.332 e. The number of nitrogens with one attached hydrogen (secondary N) is 1. The van der Waals surface area contributed by atoms with E-state index in [1.165, 1.54) is 11.3 Å². The number of hydrogen-bond acceptors (Lipinski definition) is 4. The summed E-state index contributed by atoms with van der Waals surface area (Å²) >= 11 is 7.29. The minimum atomic E-state index is -1.01. The molecule has 1 aromatic rings. The van der Waals surface area contributed by atoms with Gasteiger partial charge in [0.2, 0.25) is 5.91 Å². The third kappa shape index (κ3) is 3.92. The van der Waals surface area contributed by atoms with Crippen molar-refractivity contribution in [2.24, 2.45) is 0 Å². The van der Waals surface area contributed by atoms with E-state index in [0.717, 1.165) is 9.21 Å². The number of rotatable bonds is 5. The minimum Gasteiger partial charge on any atom is -0.479 e. The fourth-order valence-corrected chi connectivity index (χ4v) is 3.01. The number of carbonyl (C=O) groups is 2. The van der Waals surface area contributed by atoms with Gasteiger partial charge in [0, 0.05) is 11.4 Å². The topological polar surface area (TPSA) is 75.6 Å². The number of carboxylic acids is 1. The van der Waals surface area contributed by atoms with Gasteiger partial charge in [-0.25, -0.2) is 4.79 Å². The van der Waals surface area contributed by atoms with Crippen LogP contribution in [-0.4, -0.2) is 35.7 Å². The molecule has 1 saturated heterocycles. The monoisotopic (exact) mass is 303 g/mol. The summed E-state index contributed by atoms with van der Waals surface area (Å²) in [5.74, 6) is -1.25. The Kier molecular flexibility index (Phi) is 4.79. The van der Waals surface area contributed by atoms with Crippen molar-refractivity contribution in [2.45, 2.75) is 31.5 Å². The molecule has 2 rings (SSSR count). The summed E-state index contributed by atoms with van der Waals surface area (Å²) in [5, 5.41) is 11.5. The van der Waals surface area contributed by atoms with E-state index >= 15 is 0 Å². The summed E-state index contributed by atoms with van der Waals surface area (Å²) in [6.07, 6.45) is 0.0413. The number of amides is 1. The van der Waals surface area contributed by atoms with Crippen molar-refractivity contribution < 1.29 is 19.4 Å². The second kappa shape index (κ2) is 6.36. The van der Waals surface area contributed by atoms with E-state index in [9.17, 15) is 9.59 Å². The fraction of sp³-hybridized carbons (Fsp3) is 0.500. The third-order valence-electron chi connectivity index (χ3n) is 2.89. The summed E-state index contributed by atoms with van der Waals surface area (Å²) < 4.78 is 5.89. The van der Waals surface area contributed by atoms with Crippen molar-refractivity contribution in [3.63, 3.8) is 0 Å². The van der Waals surface area contributed by atoms with Crippen LogP contribution in [0.15, 0.2) is 12.1 Å². The first-order valence-electron chi connectivity index (χ1n) is 5.96. The molecule has 5 nitrogen and oxygen atoms in total. The molecule has 1 aliphatic heterocycles. The Labute approximate surface area is 119 Å². The zero-order valence-electron chi connectivity index (χ0n) is 10.1. The van der Waals surface area contributed by atoms with E-state index in [1.807, 2.05) is 12.1 Å². The molecule has 19 heavy (non-hydrogen) atoms. The van der Waals surface area contributed by atoms with Gasteiger partial charge in [-0.15, -0.1) is 11.3 Å². The van der Waals surface area contributed by atoms with Crippen molar-refractivity contribution in [3.8, 4) is 0 Å². The van der Waals surface area contributed by atoms with E-state index < -0.39 is 18.2 Å². The van der Waals surface area contributed by atoms with Gasteiger partial charge in [-0.1, -0.05) is 11.6 Å². The third-order valence-corrected chi connectivity index (χ3v) is 4.18. The molecule has 0 aliphatic carbocycles. The second-order valence-corrected chi connectivity index (χ2v) is 6.08. The van der Waals surface area contributed by atoms with Crippen molar-refractivity contribution in [1.29, 1.82) is 0 Å². The number of halogens is 1. The van der Waals surface area contributed by atoms with Crippen LogP contribution >= 0.6 is 22.9 Å². The fourth-order valence-electron chi connectivity index (χ4n) is 1.92. The van der Waals surface area contributed by atoms with Crippen LogP contribution in [0.4, 0.5) is 0 Å². The molecule has 0 spiro atoms. The maximum Gasteiger partial charge on any atom is 0.332 e. The molecule has 0 saturated carbocycles. The molecule has 2 N–H and O–H groups in total. The molecule has 0 bridgehead atoms. The van der Waals surface area contributed by atoms with Crippen LogP contribution < -0.4 is 5.32 Å². The summed E-state index contributed by atoms with van der Waals surface area (Å²) in [5.41, 5.74) is 0. The van der Waals surface area contributed by atoms with Gasteiger partial charge in [-0.05, 0) is 31.4 Å². The normalized spacial score (nSPS) is 22.4. The van der Waals surface area contributed by atoms with Crippen LogP contribution in [-0.2, 0) is 20.7 Å². The lowest BCUT2D eigenvalue weighted by atomic mass is 10.2. The molecule has 2 heterocycles. The highest BCUT2D eigenvalue weighted by Crippen LogP contribution is 2.22.